The molecule has 0 spiro atoms. The van der Waals surface area contributed by atoms with Crippen LogP contribution in [0.5, 0.6) is 0 Å². The van der Waals surface area contributed by atoms with Crippen LogP contribution in [0.4, 0.5) is 0 Å². The van der Waals surface area contributed by atoms with E-state index < -0.39 is 5.97 Å². The number of carbonyl (C=O) groups is 1. The first-order chi connectivity index (χ1) is 9.02. The molecule has 2 N–H and O–H groups in total. The lowest BCUT2D eigenvalue weighted by Crippen LogP contribution is -2.05. The third-order valence-corrected chi connectivity index (χ3v) is 3.22. The van der Waals surface area contributed by atoms with Gasteiger partial charge in [-0.25, -0.2) is 4.79 Å². The molecule has 1 heterocycles. The molecular weight excluding hydrogens is 244 g/mol. The van der Waals surface area contributed by atoms with Crippen LogP contribution in [0.15, 0.2) is 24.3 Å². The number of aryl methyl sites for hydroxylation is 1. The molecule has 0 unspecified atom stereocenters. The lowest BCUT2D eigenvalue weighted by atomic mass is 10.1. The normalized spacial score (nSPS) is 10.7. The molecule has 0 saturated carbocycles. The zero-order chi connectivity index (χ0) is 14.0. The van der Waals surface area contributed by atoms with E-state index in [0.29, 0.717) is 6.54 Å². The highest BCUT2D eigenvalue weighted by molar-refractivity contribution is 5.87. The minimum absolute atomic E-state index is 0.0182. The van der Waals surface area contributed by atoms with Gasteiger partial charge in [-0.3, -0.25) is 4.68 Å². The van der Waals surface area contributed by atoms with E-state index in [1.807, 2.05) is 18.5 Å². The maximum absolute atomic E-state index is 10.8. The third-order valence-electron chi connectivity index (χ3n) is 3.22. The van der Waals surface area contributed by atoms with Crippen molar-refractivity contribution in [1.82, 2.24) is 9.78 Å². The fourth-order valence-corrected chi connectivity index (χ4v) is 2.04. The molecule has 2 rings (SSSR count). The van der Waals surface area contributed by atoms with Crippen LogP contribution >= 0.6 is 0 Å². The number of hydrogen-bond donors (Lipinski definition) is 2. The minimum atomic E-state index is -0.930. The van der Waals surface area contributed by atoms with Crippen molar-refractivity contribution in [2.75, 3.05) is 0 Å². The quantitative estimate of drug-likeness (QED) is 0.878. The molecule has 100 valence electrons. The molecule has 5 nitrogen and oxygen atoms in total. The molecule has 1 aromatic carbocycles. The molecule has 2 aromatic rings. The molecule has 5 heteroatoms. The topological polar surface area (TPSA) is 75.4 Å². The molecule has 1 aromatic heterocycles. The van der Waals surface area contributed by atoms with Gasteiger partial charge in [0.15, 0.2) is 0 Å². The Hall–Kier alpha value is -2.14. The number of nitrogens with zero attached hydrogens (tertiary/aromatic N) is 2. The van der Waals surface area contributed by atoms with Crippen molar-refractivity contribution < 1.29 is 15.0 Å². The van der Waals surface area contributed by atoms with E-state index >= 15 is 0 Å². The van der Waals surface area contributed by atoms with Crippen LogP contribution in [0.3, 0.4) is 0 Å². The number of hydrogen-bond acceptors (Lipinski definition) is 3. The van der Waals surface area contributed by atoms with Gasteiger partial charge < -0.3 is 10.2 Å². The van der Waals surface area contributed by atoms with Crippen LogP contribution in [0.2, 0.25) is 0 Å². The van der Waals surface area contributed by atoms with Gasteiger partial charge in [-0.1, -0.05) is 12.1 Å². The second-order valence-corrected chi connectivity index (χ2v) is 4.47. The van der Waals surface area contributed by atoms with Crippen LogP contribution in [0, 0.1) is 13.8 Å². The number of aromatic carboxylic acids is 1. The van der Waals surface area contributed by atoms with Crippen LogP contribution in [0.1, 0.15) is 32.9 Å². The molecule has 0 aliphatic carbocycles. The van der Waals surface area contributed by atoms with Crippen LogP contribution in [-0.4, -0.2) is 26.0 Å². The molecule has 0 amide bonds. The van der Waals surface area contributed by atoms with Crippen molar-refractivity contribution in [3.8, 4) is 0 Å². The van der Waals surface area contributed by atoms with Gasteiger partial charge >= 0.3 is 5.97 Å². The van der Waals surface area contributed by atoms with Crippen molar-refractivity contribution in [1.29, 1.82) is 0 Å². The van der Waals surface area contributed by atoms with Crippen molar-refractivity contribution in [2.24, 2.45) is 0 Å². The highest BCUT2D eigenvalue weighted by Gasteiger charge is 2.10. The SMILES string of the molecule is Cc1nn(Cc2ccc(C(=O)O)cc2)c(C)c1CO. The molecule has 0 saturated heterocycles. The number of carboxylic acid groups (broad SMARTS) is 1. The number of aromatic nitrogens is 2. The van der Waals surface area contributed by atoms with E-state index in [-0.39, 0.29) is 12.2 Å². The average molecular weight is 260 g/mol. The van der Waals surface area contributed by atoms with E-state index in [1.165, 1.54) is 0 Å². The largest absolute Gasteiger partial charge is 0.478 e. The van der Waals surface area contributed by atoms with Gasteiger partial charge in [-0.15, -0.1) is 0 Å². The molecule has 0 aliphatic heterocycles. The number of rotatable bonds is 4. The predicted molar refractivity (Wildman–Crippen MR) is 70.1 cm³/mol. The van der Waals surface area contributed by atoms with Crippen LogP contribution in [-0.2, 0) is 13.2 Å². The zero-order valence-corrected chi connectivity index (χ0v) is 10.9. The van der Waals surface area contributed by atoms with Gasteiger partial charge in [0, 0.05) is 11.3 Å². The Morgan fingerprint density at radius 1 is 1.26 bits per heavy atom. The number of aliphatic hydroxyl groups excluding tert-OH is 1. The summed E-state index contributed by atoms with van der Waals surface area (Å²) in [6.45, 7) is 4.32. The second kappa shape index (κ2) is 5.24. The van der Waals surface area contributed by atoms with Crippen LogP contribution < -0.4 is 0 Å². The van der Waals surface area contributed by atoms with Crippen molar-refractivity contribution >= 4 is 5.97 Å². The van der Waals surface area contributed by atoms with E-state index in [9.17, 15) is 9.90 Å². The molecule has 0 fully saturated rings. The summed E-state index contributed by atoms with van der Waals surface area (Å²) in [4.78, 5) is 10.8. The fraction of sp³-hybridized carbons (Fsp3) is 0.286. The summed E-state index contributed by atoms with van der Waals surface area (Å²) in [5, 5.41) is 22.5. The van der Waals surface area contributed by atoms with E-state index in [2.05, 4.69) is 5.10 Å². The van der Waals surface area contributed by atoms with Crippen molar-refractivity contribution in [2.45, 2.75) is 27.0 Å². The minimum Gasteiger partial charge on any atom is -0.478 e. The van der Waals surface area contributed by atoms with Gasteiger partial charge in [0.2, 0.25) is 0 Å². The first-order valence-corrected chi connectivity index (χ1v) is 5.99. The highest BCUT2D eigenvalue weighted by Crippen LogP contribution is 2.15. The Labute approximate surface area is 111 Å². The Morgan fingerprint density at radius 3 is 2.37 bits per heavy atom. The summed E-state index contributed by atoms with van der Waals surface area (Å²) in [7, 11) is 0. The second-order valence-electron chi connectivity index (χ2n) is 4.47. The average Bonchev–Trinajstić information content (AvgIpc) is 2.64. The number of benzene rings is 1. The van der Waals surface area contributed by atoms with Gasteiger partial charge in [-0.2, -0.15) is 5.10 Å². The maximum atomic E-state index is 10.8. The van der Waals surface area contributed by atoms with Gasteiger partial charge in [0.1, 0.15) is 0 Å². The summed E-state index contributed by atoms with van der Waals surface area (Å²) < 4.78 is 1.82. The molecule has 0 radical (unpaired) electrons. The van der Waals surface area contributed by atoms with Gasteiger partial charge in [0.05, 0.1) is 24.4 Å². The van der Waals surface area contributed by atoms with Crippen LogP contribution in [0.25, 0.3) is 0 Å². The number of aliphatic hydroxyl groups is 1. The summed E-state index contributed by atoms with van der Waals surface area (Å²) in [5.74, 6) is -0.930. The van der Waals surface area contributed by atoms with Gasteiger partial charge in [-0.05, 0) is 31.5 Å². The first kappa shape index (κ1) is 13.3. The maximum Gasteiger partial charge on any atom is 0.335 e. The lowest BCUT2D eigenvalue weighted by Gasteiger charge is -2.05. The molecule has 0 aliphatic rings. The van der Waals surface area contributed by atoms with Crippen molar-refractivity contribution in [3.63, 3.8) is 0 Å². The number of carboxylic acids is 1. The van der Waals surface area contributed by atoms with Crippen molar-refractivity contribution in [3.05, 3.63) is 52.3 Å². The smallest absolute Gasteiger partial charge is 0.335 e. The Bertz CT molecular complexity index is 600. The monoisotopic (exact) mass is 260 g/mol. The van der Waals surface area contributed by atoms with E-state index in [0.717, 1.165) is 22.5 Å². The summed E-state index contributed by atoms with van der Waals surface area (Å²) in [6, 6.07) is 6.71. The molecule has 19 heavy (non-hydrogen) atoms. The summed E-state index contributed by atoms with van der Waals surface area (Å²) in [5.41, 5.74) is 3.85. The van der Waals surface area contributed by atoms with E-state index in [1.54, 1.807) is 24.3 Å². The highest BCUT2D eigenvalue weighted by atomic mass is 16.4. The first-order valence-electron chi connectivity index (χ1n) is 5.99. The molecule has 0 atom stereocenters. The van der Waals surface area contributed by atoms with Gasteiger partial charge in [0.25, 0.3) is 0 Å². The third kappa shape index (κ3) is 2.66. The predicted octanol–water partition coefficient (Wildman–Crippen LogP) is 1.74. The molecule has 0 bridgehead atoms. The standard InChI is InChI=1S/C14H16N2O3/c1-9-13(8-17)10(2)16(15-9)7-11-3-5-12(6-4-11)14(18)19/h3-6,17H,7-8H2,1-2H3,(H,18,19). The van der Waals surface area contributed by atoms with E-state index in [4.69, 9.17) is 5.11 Å². The Kier molecular flexibility index (Phi) is 3.66. The lowest BCUT2D eigenvalue weighted by molar-refractivity contribution is 0.0697. The summed E-state index contributed by atoms with van der Waals surface area (Å²) in [6.07, 6.45) is 0. The zero-order valence-electron chi connectivity index (χ0n) is 10.9. The fourth-order valence-electron chi connectivity index (χ4n) is 2.04. The molecular formula is C14H16N2O3. The Morgan fingerprint density at radius 2 is 1.89 bits per heavy atom. The summed E-state index contributed by atoms with van der Waals surface area (Å²) >= 11 is 0. The Balaban J connectivity index is 2.24.